The summed E-state index contributed by atoms with van der Waals surface area (Å²) in [6.45, 7) is 1.78. The molecule has 3 aromatic carbocycles. The summed E-state index contributed by atoms with van der Waals surface area (Å²) in [6, 6.07) is 21.0. The largest absolute Gasteiger partial charge is 0.497 e. The molecule has 1 N–H and O–H groups in total. The fourth-order valence-corrected chi connectivity index (χ4v) is 5.53. The van der Waals surface area contributed by atoms with Crippen molar-refractivity contribution in [2.45, 2.75) is 13.0 Å². The van der Waals surface area contributed by atoms with Crippen LogP contribution in [0.5, 0.6) is 11.5 Å². The van der Waals surface area contributed by atoms with Crippen molar-refractivity contribution in [3.8, 4) is 11.5 Å². The highest BCUT2D eigenvalue weighted by Gasteiger charge is 2.32. The number of thiazole rings is 1. The second-order valence-electron chi connectivity index (χ2n) is 8.56. The van der Waals surface area contributed by atoms with Gasteiger partial charge < -0.3 is 14.8 Å². The average Bonchev–Trinajstić information content (AvgIpc) is 3.23. The number of benzene rings is 3. The maximum absolute atomic E-state index is 13.9. The summed E-state index contributed by atoms with van der Waals surface area (Å²) in [7, 11) is 3.15. The van der Waals surface area contributed by atoms with Gasteiger partial charge in [0, 0.05) is 22.3 Å². The summed E-state index contributed by atoms with van der Waals surface area (Å²) in [5.74, 6) is 0.889. The molecule has 0 bridgehead atoms. The van der Waals surface area contributed by atoms with E-state index in [0.29, 0.717) is 42.8 Å². The molecule has 1 aliphatic rings. The number of carbonyl (C=O) groups excluding carboxylic acids is 1. The van der Waals surface area contributed by atoms with Gasteiger partial charge in [-0.3, -0.25) is 14.2 Å². The Balaban J connectivity index is 1.67. The van der Waals surface area contributed by atoms with Crippen LogP contribution in [0.15, 0.2) is 93.9 Å². The van der Waals surface area contributed by atoms with Crippen molar-refractivity contribution >= 4 is 40.6 Å². The lowest BCUT2D eigenvalue weighted by molar-refractivity contribution is -0.113. The third-order valence-corrected chi connectivity index (χ3v) is 7.45. The minimum Gasteiger partial charge on any atom is -0.497 e. The van der Waals surface area contributed by atoms with Gasteiger partial charge in [0.25, 0.3) is 11.5 Å². The molecule has 0 radical (unpaired) electrons. The molecule has 0 saturated heterocycles. The summed E-state index contributed by atoms with van der Waals surface area (Å²) in [5.41, 5.74) is 2.78. The van der Waals surface area contributed by atoms with E-state index in [2.05, 4.69) is 10.3 Å². The third kappa shape index (κ3) is 4.88. The van der Waals surface area contributed by atoms with Crippen molar-refractivity contribution < 1.29 is 14.3 Å². The fraction of sp³-hybridized carbons (Fsp3) is 0.138. The second-order valence-corrected chi connectivity index (χ2v) is 10.0. The predicted octanol–water partition coefficient (Wildman–Crippen LogP) is 4.54. The number of ether oxygens (including phenoxy) is 2. The Morgan fingerprint density at radius 1 is 1.05 bits per heavy atom. The molecule has 1 atom stereocenters. The van der Waals surface area contributed by atoms with Crippen LogP contribution in [0.25, 0.3) is 6.08 Å². The van der Waals surface area contributed by atoms with Crippen LogP contribution in [0.2, 0.25) is 5.02 Å². The van der Waals surface area contributed by atoms with Crippen molar-refractivity contribution in [3.05, 3.63) is 120 Å². The zero-order valence-electron chi connectivity index (χ0n) is 20.9. The molecule has 192 valence electrons. The van der Waals surface area contributed by atoms with Gasteiger partial charge in [-0.05, 0) is 55.0 Å². The number of hydrogen-bond acceptors (Lipinski definition) is 6. The maximum atomic E-state index is 13.9. The van der Waals surface area contributed by atoms with Gasteiger partial charge in [-0.25, -0.2) is 4.99 Å². The molecule has 0 unspecified atom stereocenters. The lowest BCUT2D eigenvalue weighted by Gasteiger charge is -2.25. The van der Waals surface area contributed by atoms with E-state index in [1.807, 2.05) is 48.5 Å². The van der Waals surface area contributed by atoms with Crippen molar-refractivity contribution in [1.82, 2.24) is 4.57 Å². The number of amides is 1. The number of halogens is 1. The fourth-order valence-electron chi connectivity index (χ4n) is 4.37. The van der Waals surface area contributed by atoms with Crippen LogP contribution in [0.3, 0.4) is 0 Å². The van der Waals surface area contributed by atoms with Gasteiger partial charge in [0.2, 0.25) is 0 Å². The Kier molecular flexibility index (Phi) is 7.18. The number of fused-ring (bicyclic) bond motifs is 1. The molecule has 5 rings (SSSR count). The molecular formula is C29H24ClN3O4S. The van der Waals surface area contributed by atoms with E-state index >= 15 is 0 Å². The number of hydrogen-bond donors (Lipinski definition) is 1. The molecule has 0 spiro atoms. The smallest absolute Gasteiger partial charge is 0.271 e. The normalized spacial score (nSPS) is 15.1. The Morgan fingerprint density at radius 2 is 1.79 bits per heavy atom. The molecule has 1 amide bonds. The maximum Gasteiger partial charge on any atom is 0.271 e. The molecule has 0 fully saturated rings. The van der Waals surface area contributed by atoms with E-state index in [1.165, 1.54) is 11.3 Å². The molecule has 1 aliphatic heterocycles. The van der Waals surface area contributed by atoms with Gasteiger partial charge in [-0.1, -0.05) is 53.3 Å². The zero-order chi connectivity index (χ0) is 26.8. The van der Waals surface area contributed by atoms with Crippen LogP contribution >= 0.6 is 22.9 Å². The Hall–Kier alpha value is -4.14. The zero-order valence-corrected chi connectivity index (χ0v) is 22.5. The molecule has 0 saturated carbocycles. The second kappa shape index (κ2) is 10.7. The lowest BCUT2D eigenvalue weighted by atomic mass is 9.95. The average molecular weight is 546 g/mol. The molecule has 0 aliphatic carbocycles. The summed E-state index contributed by atoms with van der Waals surface area (Å²) >= 11 is 7.42. The number of methoxy groups -OCH3 is 2. The van der Waals surface area contributed by atoms with Crippen molar-refractivity contribution in [3.63, 3.8) is 0 Å². The minimum atomic E-state index is -0.688. The molecular weight excluding hydrogens is 522 g/mol. The Morgan fingerprint density at radius 3 is 2.47 bits per heavy atom. The van der Waals surface area contributed by atoms with Gasteiger partial charge in [0.15, 0.2) is 4.80 Å². The van der Waals surface area contributed by atoms with E-state index in [1.54, 1.807) is 56.1 Å². The van der Waals surface area contributed by atoms with Gasteiger partial charge in [0.1, 0.15) is 11.5 Å². The predicted molar refractivity (Wildman–Crippen MR) is 150 cm³/mol. The van der Waals surface area contributed by atoms with Crippen LogP contribution < -0.4 is 29.7 Å². The molecule has 4 aromatic rings. The topological polar surface area (TPSA) is 81.9 Å². The number of anilines is 1. The summed E-state index contributed by atoms with van der Waals surface area (Å²) in [4.78, 5) is 32.6. The van der Waals surface area contributed by atoms with Crippen LogP contribution in [-0.4, -0.2) is 24.7 Å². The standard InChI is InChI=1S/C29H24ClN3O4S/c1-17-25(27(34)32-21-7-5-4-6-8-21)26(18-9-12-20(30)13-10-18)33-28(35)24(38-29(33)31-17)15-19-11-14-22(36-2)16-23(19)37-3/h4-16,26H,1-3H3,(H,32,34)/b24-15+/t26-/m1/s1. The first kappa shape index (κ1) is 25.5. The molecule has 9 heteroatoms. The quantitative estimate of drug-likeness (QED) is 0.385. The van der Waals surface area contributed by atoms with E-state index < -0.39 is 6.04 Å². The summed E-state index contributed by atoms with van der Waals surface area (Å²) in [6.07, 6.45) is 1.77. The Labute approximate surface area is 228 Å². The van der Waals surface area contributed by atoms with Gasteiger partial charge >= 0.3 is 0 Å². The first-order valence-electron chi connectivity index (χ1n) is 11.8. The molecule has 38 heavy (non-hydrogen) atoms. The van der Waals surface area contributed by atoms with Gasteiger partial charge in [-0.15, -0.1) is 0 Å². The van der Waals surface area contributed by atoms with E-state index in [0.717, 1.165) is 11.1 Å². The SMILES string of the molecule is COc1ccc(/C=c2/sc3n(c2=O)[C@H](c2ccc(Cl)cc2)C(C(=O)Nc2ccccc2)=C(C)N=3)c(OC)c1. The number of carbonyl (C=O) groups is 1. The van der Waals surface area contributed by atoms with E-state index in [-0.39, 0.29) is 11.5 Å². The lowest BCUT2D eigenvalue weighted by Crippen LogP contribution is -2.40. The molecule has 1 aromatic heterocycles. The van der Waals surface area contributed by atoms with E-state index in [9.17, 15) is 9.59 Å². The molecule has 2 heterocycles. The van der Waals surface area contributed by atoms with Gasteiger partial charge in [-0.2, -0.15) is 0 Å². The highest BCUT2D eigenvalue weighted by molar-refractivity contribution is 7.07. The Bertz CT molecular complexity index is 1720. The number of aromatic nitrogens is 1. The first-order valence-corrected chi connectivity index (χ1v) is 13.0. The van der Waals surface area contributed by atoms with Crippen LogP contribution in [0, 0.1) is 0 Å². The number of rotatable bonds is 6. The van der Waals surface area contributed by atoms with Crippen molar-refractivity contribution in [1.29, 1.82) is 0 Å². The van der Waals surface area contributed by atoms with Crippen molar-refractivity contribution in [2.24, 2.45) is 4.99 Å². The number of nitrogens with zero attached hydrogens (tertiary/aromatic N) is 2. The minimum absolute atomic E-state index is 0.260. The first-order chi connectivity index (χ1) is 18.4. The van der Waals surface area contributed by atoms with Crippen molar-refractivity contribution in [2.75, 3.05) is 19.5 Å². The number of nitrogens with one attached hydrogen (secondary N) is 1. The van der Waals surface area contributed by atoms with Crippen LogP contribution in [-0.2, 0) is 4.79 Å². The van der Waals surface area contributed by atoms with Crippen LogP contribution in [0.4, 0.5) is 5.69 Å². The van der Waals surface area contributed by atoms with Crippen LogP contribution in [0.1, 0.15) is 24.1 Å². The molecule has 7 nitrogen and oxygen atoms in total. The number of para-hydroxylation sites is 1. The highest BCUT2D eigenvalue weighted by atomic mass is 35.5. The highest BCUT2D eigenvalue weighted by Crippen LogP contribution is 2.31. The number of allylic oxidation sites excluding steroid dienone is 1. The van der Waals surface area contributed by atoms with Gasteiger partial charge in [0.05, 0.1) is 36.1 Å². The van der Waals surface area contributed by atoms with E-state index in [4.69, 9.17) is 21.1 Å². The monoisotopic (exact) mass is 545 g/mol. The third-order valence-electron chi connectivity index (χ3n) is 6.21. The summed E-state index contributed by atoms with van der Waals surface area (Å²) < 4.78 is 12.8. The summed E-state index contributed by atoms with van der Waals surface area (Å²) in [5, 5.41) is 3.50.